The van der Waals surface area contributed by atoms with Crippen LogP contribution in [0.15, 0.2) is 18.2 Å². The summed E-state index contributed by atoms with van der Waals surface area (Å²) < 4.78 is 5.39. The number of ether oxygens (including phenoxy) is 1. The van der Waals surface area contributed by atoms with Crippen molar-refractivity contribution in [2.75, 3.05) is 20.2 Å². The van der Waals surface area contributed by atoms with E-state index in [1.807, 2.05) is 6.07 Å². The van der Waals surface area contributed by atoms with E-state index in [9.17, 15) is 0 Å². The van der Waals surface area contributed by atoms with Crippen molar-refractivity contribution < 1.29 is 4.74 Å². The minimum atomic E-state index is 0.528. The van der Waals surface area contributed by atoms with E-state index in [4.69, 9.17) is 4.74 Å². The first kappa shape index (κ1) is 13.4. The Kier molecular flexibility index (Phi) is 3.96. The lowest BCUT2D eigenvalue weighted by molar-refractivity contribution is 0.127. The monoisotopic (exact) mass is 247 g/mol. The third-order valence-electron chi connectivity index (χ3n) is 4.22. The van der Waals surface area contributed by atoms with Crippen molar-refractivity contribution in [3.8, 4) is 5.75 Å². The minimum Gasteiger partial charge on any atom is -0.496 e. The van der Waals surface area contributed by atoms with Gasteiger partial charge in [0.1, 0.15) is 5.75 Å². The Labute approximate surface area is 111 Å². The quantitative estimate of drug-likeness (QED) is 0.809. The summed E-state index contributed by atoms with van der Waals surface area (Å²) in [6.45, 7) is 10.4. The zero-order valence-corrected chi connectivity index (χ0v) is 12.1. The Morgan fingerprint density at radius 2 is 1.89 bits per heavy atom. The Bertz CT molecular complexity index is 402. The van der Waals surface area contributed by atoms with E-state index in [0.29, 0.717) is 5.41 Å². The van der Waals surface area contributed by atoms with Crippen molar-refractivity contribution in [1.82, 2.24) is 4.90 Å². The van der Waals surface area contributed by atoms with Crippen LogP contribution >= 0.6 is 0 Å². The lowest BCUT2D eigenvalue weighted by Crippen LogP contribution is -2.36. The second-order valence-corrected chi connectivity index (χ2v) is 6.18. The molecule has 1 fully saturated rings. The normalized spacial score (nSPS) is 19.8. The standard InChI is InChI=1S/C16H25NO/c1-13-14(6-5-7-15(13)18-4)12-17-10-8-16(2,3)9-11-17/h5-7H,8-12H2,1-4H3. The summed E-state index contributed by atoms with van der Waals surface area (Å²) in [6.07, 6.45) is 2.60. The highest BCUT2D eigenvalue weighted by Gasteiger charge is 2.25. The van der Waals surface area contributed by atoms with Crippen LogP contribution in [0, 0.1) is 12.3 Å². The predicted octanol–water partition coefficient (Wildman–Crippen LogP) is 3.63. The molecule has 0 radical (unpaired) electrons. The van der Waals surface area contributed by atoms with Crippen molar-refractivity contribution >= 4 is 0 Å². The third-order valence-corrected chi connectivity index (χ3v) is 4.22. The summed E-state index contributed by atoms with van der Waals surface area (Å²) in [5.74, 6) is 1.00. The highest BCUT2D eigenvalue weighted by atomic mass is 16.5. The molecule has 0 spiro atoms. The molecule has 0 unspecified atom stereocenters. The first-order valence-electron chi connectivity index (χ1n) is 6.87. The molecule has 1 aromatic carbocycles. The fourth-order valence-electron chi connectivity index (χ4n) is 2.61. The maximum absolute atomic E-state index is 5.39. The third kappa shape index (κ3) is 3.05. The highest BCUT2D eigenvalue weighted by molar-refractivity contribution is 5.39. The van der Waals surface area contributed by atoms with Gasteiger partial charge in [-0.3, -0.25) is 4.90 Å². The summed E-state index contributed by atoms with van der Waals surface area (Å²) in [5, 5.41) is 0. The zero-order valence-electron chi connectivity index (χ0n) is 12.1. The largest absolute Gasteiger partial charge is 0.496 e. The minimum absolute atomic E-state index is 0.528. The average Bonchev–Trinajstić information content (AvgIpc) is 2.34. The van der Waals surface area contributed by atoms with Gasteiger partial charge in [0, 0.05) is 6.54 Å². The maximum atomic E-state index is 5.39. The molecule has 0 saturated carbocycles. The smallest absolute Gasteiger partial charge is 0.122 e. The molecule has 1 aromatic rings. The first-order chi connectivity index (χ1) is 8.52. The Hall–Kier alpha value is -1.02. The van der Waals surface area contributed by atoms with Gasteiger partial charge in [0.25, 0.3) is 0 Å². The number of methoxy groups -OCH3 is 1. The van der Waals surface area contributed by atoms with Crippen LogP contribution in [0.25, 0.3) is 0 Å². The van der Waals surface area contributed by atoms with Crippen LogP contribution in [-0.2, 0) is 6.54 Å². The van der Waals surface area contributed by atoms with Crippen LogP contribution in [0.4, 0.5) is 0 Å². The highest BCUT2D eigenvalue weighted by Crippen LogP contribution is 2.31. The van der Waals surface area contributed by atoms with Gasteiger partial charge in [0.2, 0.25) is 0 Å². The van der Waals surface area contributed by atoms with Gasteiger partial charge in [-0.15, -0.1) is 0 Å². The van der Waals surface area contributed by atoms with Gasteiger partial charge in [-0.05, 0) is 55.5 Å². The van der Waals surface area contributed by atoms with E-state index in [1.54, 1.807) is 7.11 Å². The predicted molar refractivity (Wildman–Crippen MR) is 76.0 cm³/mol. The summed E-state index contributed by atoms with van der Waals surface area (Å²) in [5.41, 5.74) is 3.21. The number of rotatable bonds is 3. The molecule has 0 aliphatic carbocycles. The molecule has 0 N–H and O–H groups in total. The maximum Gasteiger partial charge on any atom is 0.122 e. The van der Waals surface area contributed by atoms with Crippen LogP contribution in [0.5, 0.6) is 5.75 Å². The Morgan fingerprint density at radius 3 is 2.50 bits per heavy atom. The van der Waals surface area contributed by atoms with Crippen LogP contribution in [-0.4, -0.2) is 25.1 Å². The van der Waals surface area contributed by atoms with Gasteiger partial charge in [0.15, 0.2) is 0 Å². The van der Waals surface area contributed by atoms with Crippen LogP contribution in [0.3, 0.4) is 0 Å². The van der Waals surface area contributed by atoms with Gasteiger partial charge in [0.05, 0.1) is 7.11 Å². The lowest BCUT2D eigenvalue weighted by atomic mass is 9.82. The SMILES string of the molecule is COc1cccc(CN2CCC(C)(C)CC2)c1C. The van der Waals surface area contributed by atoms with Crippen LogP contribution < -0.4 is 4.74 Å². The summed E-state index contributed by atoms with van der Waals surface area (Å²) in [4.78, 5) is 2.56. The lowest BCUT2D eigenvalue weighted by Gasteiger charge is -2.37. The van der Waals surface area contributed by atoms with Crippen molar-refractivity contribution in [2.45, 2.75) is 40.2 Å². The van der Waals surface area contributed by atoms with Crippen LogP contribution in [0.1, 0.15) is 37.8 Å². The van der Waals surface area contributed by atoms with E-state index >= 15 is 0 Å². The van der Waals surface area contributed by atoms with Crippen molar-refractivity contribution in [3.63, 3.8) is 0 Å². The number of benzene rings is 1. The number of piperidine rings is 1. The topological polar surface area (TPSA) is 12.5 Å². The molecule has 2 nitrogen and oxygen atoms in total. The Morgan fingerprint density at radius 1 is 1.22 bits per heavy atom. The van der Waals surface area contributed by atoms with E-state index in [-0.39, 0.29) is 0 Å². The number of likely N-dealkylation sites (tertiary alicyclic amines) is 1. The molecule has 0 aromatic heterocycles. The molecule has 18 heavy (non-hydrogen) atoms. The second kappa shape index (κ2) is 5.31. The molecule has 1 aliphatic heterocycles. The van der Waals surface area contributed by atoms with Gasteiger partial charge >= 0.3 is 0 Å². The second-order valence-electron chi connectivity index (χ2n) is 6.18. The molecule has 0 amide bonds. The molecule has 2 heteroatoms. The first-order valence-corrected chi connectivity index (χ1v) is 6.87. The van der Waals surface area contributed by atoms with E-state index in [2.05, 4.69) is 37.8 Å². The van der Waals surface area contributed by atoms with Gasteiger partial charge < -0.3 is 4.74 Å². The Balaban J connectivity index is 2.02. The molecule has 0 bridgehead atoms. The summed E-state index contributed by atoms with van der Waals surface area (Å²) in [6, 6.07) is 6.35. The fourth-order valence-corrected chi connectivity index (χ4v) is 2.61. The van der Waals surface area contributed by atoms with Crippen LogP contribution in [0.2, 0.25) is 0 Å². The number of nitrogens with zero attached hydrogens (tertiary/aromatic N) is 1. The fraction of sp³-hybridized carbons (Fsp3) is 0.625. The molecule has 0 atom stereocenters. The molecular formula is C16H25NO. The van der Waals surface area contributed by atoms with Gasteiger partial charge in [-0.2, -0.15) is 0 Å². The van der Waals surface area contributed by atoms with Crippen molar-refractivity contribution in [2.24, 2.45) is 5.41 Å². The number of hydrogen-bond acceptors (Lipinski definition) is 2. The number of hydrogen-bond donors (Lipinski definition) is 0. The average molecular weight is 247 g/mol. The summed E-state index contributed by atoms with van der Waals surface area (Å²) >= 11 is 0. The van der Waals surface area contributed by atoms with Crippen molar-refractivity contribution in [1.29, 1.82) is 0 Å². The zero-order chi connectivity index (χ0) is 13.2. The summed E-state index contributed by atoms with van der Waals surface area (Å²) in [7, 11) is 1.75. The molecule has 1 saturated heterocycles. The molecular weight excluding hydrogens is 222 g/mol. The van der Waals surface area contributed by atoms with E-state index in [0.717, 1.165) is 12.3 Å². The molecule has 100 valence electrons. The van der Waals surface area contributed by atoms with Crippen molar-refractivity contribution in [3.05, 3.63) is 29.3 Å². The van der Waals surface area contributed by atoms with Gasteiger partial charge in [-0.1, -0.05) is 26.0 Å². The van der Waals surface area contributed by atoms with Gasteiger partial charge in [-0.25, -0.2) is 0 Å². The molecule has 1 aliphatic rings. The van der Waals surface area contributed by atoms with E-state index in [1.165, 1.54) is 37.1 Å². The molecule has 2 rings (SSSR count). The van der Waals surface area contributed by atoms with E-state index < -0.39 is 0 Å². The molecule has 1 heterocycles.